The number of fused-ring (bicyclic) bond motifs is 6. The second kappa shape index (κ2) is 5.63. The summed E-state index contributed by atoms with van der Waals surface area (Å²) in [6, 6.07) is 5.58. The van der Waals surface area contributed by atoms with Crippen molar-refractivity contribution in [2.75, 3.05) is 7.11 Å². The monoisotopic (exact) mass is 354 g/mol. The number of halogens is 1. The van der Waals surface area contributed by atoms with Crippen molar-refractivity contribution in [2.45, 2.75) is 32.1 Å². The summed E-state index contributed by atoms with van der Waals surface area (Å²) in [5.41, 5.74) is 3.89. The van der Waals surface area contributed by atoms with Crippen LogP contribution >= 0.6 is 11.6 Å². The van der Waals surface area contributed by atoms with Crippen LogP contribution in [-0.4, -0.2) is 13.1 Å². The lowest BCUT2D eigenvalue weighted by molar-refractivity contribution is -0.130. The van der Waals surface area contributed by atoms with Gasteiger partial charge in [0, 0.05) is 44.3 Å². The summed E-state index contributed by atoms with van der Waals surface area (Å²) in [7, 11) is 1.68. The lowest BCUT2D eigenvalue weighted by atomic mass is 9.87. The Morgan fingerprint density at radius 3 is 2.68 bits per heavy atom. The molecule has 2 aromatic rings. The molecule has 0 saturated carbocycles. The average Bonchev–Trinajstić information content (AvgIpc) is 3.11. The summed E-state index contributed by atoms with van der Waals surface area (Å²) in [6.45, 7) is 7.49. The summed E-state index contributed by atoms with van der Waals surface area (Å²) in [6.07, 6.45) is 3.29. The van der Waals surface area contributed by atoms with E-state index in [-0.39, 0.29) is 5.92 Å². The fourth-order valence-corrected chi connectivity index (χ4v) is 4.32. The molecule has 0 heterocycles. The number of esters is 1. The second-order valence-corrected chi connectivity index (χ2v) is 7.29. The van der Waals surface area contributed by atoms with Gasteiger partial charge in [0.2, 0.25) is 0 Å². The third-order valence-corrected chi connectivity index (χ3v) is 5.46. The van der Waals surface area contributed by atoms with Gasteiger partial charge in [0.05, 0.1) is 7.11 Å². The number of rotatable bonds is 3. The standard InChI is InChI=1S/C21H19ClO3/c1-10(2)21(23)25-20-14-6-5-13(22)9-16(14)19(24-4)17-12-7-11(3)15(8-12)18(17)20/h5-7,9,12,15H,1,8H2,2-4H3. The summed E-state index contributed by atoms with van der Waals surface area (Å²) >= 11 is 6.22. The van der Waals surface area contributed by atoms with Crippen molar-refractivity contribution in [1.82, 2.24) is 0 Å². The van der Waals surface area contributed by atoms with Gasteiger partial charge in [-0.3, -0.25) is 0 Å². The third kappa shape index (κ3) is 2.30. The molecule has 0 aliphatic heterocycles. The first-order chi connectivity index (χ1) is 11.9. The van der Waals surface area contributed by atoms with Crippen LogP contribution in [-0.2, 0) is 4.79 Å². The molecule has 2 aliphatic carbocycles. The molecule has 2 atom stereocenters. The van der Waals surface area contributed by atoms with E-state index in [2.05, 4.69) is 19.6 Å². The zero-order chi connectivity index (χ0) is 17.9. The van der Waals surface area contributed by atoms with Gasteiger partial charge in [-0.05, 0) is 38.5 Å². The van der Waals surface area contributed by atoms with E-state index in [1.807, 2.05) is 18.2 Å². The van der Waals surface area contributed by atoms with E-state index in [1.54, 1.807) is 14.0 Å². The van der Waals surface area contributed by atoms with Gasteiger partial charge >= 0.3 is 5.97 Å². The van der Waals surface area contributed by atoms with E-state index in [0.29, 0.717) is 22.3 Å². The molecule has 0 radical (unpaired) electrons. The Morgan fingerprint density at radius 2 is 2.00 bits per heavy atom. The Labute approximate surface area is 151 Å². The van der Waals surface area contributed by atoms with Crippen LogP contribution < -0.4 is 9.47 Å². The molecule has 4 rings (SSSR count). The molecule has 0 N–H and O–H groups in total. The van der Waals surface area contributed by atoms with Crippen LogP contribution in [0.25, 0.3) is 10.8 Å². The molecular weight excluding hydrogens is 336 g/mol. The summed E-state index contributed by atoms with van der Waals surface area (Å²) < 4.78 is 11.6. The number of allylic oxidation sites excluding steroid dienone is 2. The number of hydrogen-bond donors (Lipinski definition) is 0. The second-order valence-electron chi connectivity index (χ2n) is 6.85. The van der Waals surface area contributed by atoms with Gasteiger partial charge in [0.25, 0.3) is 0 Å². The van der Waals surface area contributed by atoms with Gasteiger partial charge in [0.15, 0.2) is 0 Å². The number of ether oxygens (including phenoxy) is 2. The van der Waals surface area contributed by atoms with Crippen LogP contribution in [0.15, 0.2) is 42.0 Å². The molecule has 3 nitrogen and oxygen atoms in total. The van der Waals surface area contributed by atoms with Crippen molar-refractivity contribution < 1.29 is 14.3 Å². The predicted molar refractivity (Wildman–Crippen MR) is 99.8 cm³/mol. The topological polar surface area (TPSA) is 35.5 Å². The van der Waals surface area contributed by atoms with Crippen molar-refractivity contribution in [3.8, 4) is 11.5 Å². The van der Waals surface area contributed by atoms with E-state index in [4.69, 9.17) is 21.1 Å². The van der Waals surface area contributed by atoms with Crippen LogP contribution in [0, 0.1) is 0 Å². The minimum atomic E-state index is -0.409. The van der Waals surface area contributed by atoms with Gasteiger partial charge in [-0.25, -0.2) is 4.79 Å². The first kappa shape index (κ1) is 16.2. The van der Waals surface area contributed by atoms with E-state index in [1.165, 1.54) is 5.57 Å². The highest BCUT2D eigenvalue weighted by molar-refractivity contribution is 6.31. The van der Waals surface area contributed by atoms with Gasteiger partial charge in [0.1, 0.15) is 11.5 Å². The maximum Gasteiger partial charge on any atom is 0.338 e. The maximum atomic E-state index is 12.3. The molecule has 0 aromatic heterocycles. The fourth-order valence-electron chi connectivity index (χ4n) is 4.15. The minimum absolute atomic E-state index is 0.266. The fraction of sp³-hybridized carbons (Fsp3) is 0.286. The molecule has 0 fully saturated rings. The Hall–Kier alpha value is -2.26. The van der Waals surface area contributed by atoms with Crippen LogP contribution in [0.4, 0.5) is 0 Å². The zero-order valence-corrected chi connectivity index (χ0v) is 15.2. The van der Waals surface area contributed by atoms with Gasteiger partial charge in [-0.1, -0.05) is 29.8 Å². The molecule has 2 aromatic carbocycles. The Bertz CT molecular complexity index is 971. The normalized spacial score (nSPS) is 20.4. The smallest absolute Gasteiger partial charge is 0.338 e. The summed E-state index contributed by atoms with van der Waals surface area (Å²) in [4.78, 5) is 12.3. The highest BCUT2D eigenvalue weighted by Crippen LogP contribution is 2.60. The van der Waals surface area contributed by atoms with Crippen LogP contribution in [0.2, 0.25) is 5.02 Å². The van der Waals surface area contributed by atoms with Crippen molar-refractivity contribution >= 4 is 28.3 Å². The first-order valence-corrected chi connectivity index (χ1v) is 8.69. The molecule has 4 heteroatoms. The predicted octanol–water partition coefficient (Wildman–Crippen LogP) is 5.51. The molecule has 2 unspecified atom stereocenters. The highest BCUT2D eigenvalue weighted by atomic mass is 35.5. The van der Waals surface area contributed by atoms with Crippen LogP contribution in [0.3, 0.4) is 0 Å². The lowest BCUT2D eigenvalue weighted by Crippen LogP contribution is -2.12. The van der Waals surface area contributed by atoms with Gasteiger partial charge < -0.3 is 9.47 Å². The molecule has 25 heavy (non-hydrogen) atoms. The Morgan fingerprint density at radius 1 is 1.24 bits per heavy atom. The number of benzene rings is 2. The van der Waals surface area contributed by atoms with E-state index >= 15 is 0 Å². The van der Waals surface area contributed by atoms with E-state index in [9.17, 15) is 4.79 Å². The Kier molecular flexibility index (Phi) is 3.66. The number of hydrogen-bond acceptors (Lipinski definition) is 3. The molecule has 128 valence electrons. The average molecular weight is 355 g/mol. The molecule has 0 amide bonds. The van der Waals surface area contributed by atoms with Gasteiger partial charge in [-0.15, -0.1) is 0 Å². The zero-order valence-electron chi connectivity index (χ0n) is 14.5. The SMILES string of the molecule is C=C(C)C(=O)Oc1c2c(c(OC)c3cc(Cl)ccc13)C1C=C(C)C2C1. The van der Waals surface area contributed by atoms with Crippen LogP contribution in [0.1, 0.15) is 43.2 Å². The van der Waals surface area contributed by atoms with Crippen LogP contribution in [0.5, 0.6) is 11.5 Å². The summed E-state index contributed by atoms with van der Waals surface area (Å²) in [5.74, 6) is 1.60. The van der Waals surface area contributed by atoms with Gasteiger partial charge in [-0.2, -0.15) is 0 Å². The largest absolute Gasteiger partial charge is 0.496 e. The van der Waals surface area contributed by atoms with Crippen molar-refractivity contribution in [1.29, 1.82) is 0 Å². The number of carbonyl (C=O) groups excluding carboxylic acids is 1. The first-order valence-electron chi connectivity index (χ1n) is 8.31. The third-order valence-electron chi connectivity index (χ3n) is 5.22. The number of carbonyl (C=O) groups is 1. The van der Waals surface area contributed by atoms with Crippen molar-refractivity contribution in [3.05, 3.63) is 58.1 Å². The highest BCUT2D eigenvalue weighted by Gasteiger charge is 2.42. The Balaban J connectivity index is 2.07. The van der Waals surface area contributed by atoms with Crippen molar-refractivity contribution in [2.24, 2.45) is 0 Å². The maximum absolute atomic E-state index is 12.3. The molecule has 2 bridgehead atoms. The summed E-state index contributed by atoms with van der Waals surface area (Å²) in [5, 5.41) is 2.34. The molecule has 0 spiro atoms. The van der Waals surface area contributed by atoms with E-state index in [0.717, 1.165) is 34.1 Å². The lowest BCUT2D eigenvalue weighted by Gasteiger charge is -2.23. The minimum Gasteiger partial charge on any atom is -0.496 e. The van der Waals surface area contributed by atoms with Crippen molar-refractivity contribution in [3.63, 3.8) is 0 Å². The quantitative estimate of drug-likeness (QED) is 0.315. The molecule has 2 aliphatic rings. The van der Waals surface area contributed by atoms with E-state index < -0.39 is 5.97 Å². The molecule has 0 saturated heterocycles. The number of methoxy groups -OCH3 is 1. The molecular formula is C21H19ClO3.